The van der Waals surface area contributed by atoms with Crippen LogP contribution < -0.4 is 0 Å². The summed E-state index contributed by atoms with van der Waals surface area (Å²) < 4.78 is 37.7. The highest BCUT2D eigenvalue weighted by molar-refractivity contribution is 6.05. The van der Waals surface area contributed by atoms with Gasteiger partial charge < -0.3 is 5.11 Å². The number of aliphatic hydroxyl groups excluding tert-OH is 1. The maximum Gasteiger partial charge on any atom is 0.416 e. The second-order valence-electron chi connectivity index (χ2n) is 6.08. The molecule has 1 saturated heterocycles. The van der Waals surface area contributed by atoms with Gasteiger partial charge in [0.15, 0.2) is 0 Å². The summed E-state index contributed by atoms with van der Waals surface area (Å²) in [6, 6.07) is 4.06. The van der Waals surface area contributed by atoms with Crippen molar-refractivity contribution in [2.24, 2.45) is 11.8 Å². The Morgan fingerprint density at radius 2 is 1.54 bits per heavy atom. The Bertz CT molecular complexity index is 655. The van der Waals surface area contributed by atoms with Crippen molar-refractivity contribution < 1.29 is 27.9 Å². The number of amides is 2. The van der Waals surface area contributed by atoms with Gasteiger partial charge in [0.05, 0.1) is 30.0 Å². The first-order valence-corrected chi connectivity index (χ1v) is 7.64. The SMILES string of the molecule is O=C1[C@H]2CC=CC[C@H]2C(=O)N1C[C@@H](O)c1ccc(C(F)(F)F)cc1. The number of carbonyl (C=O) groups excluding carboxylic acids is 2. The Labute approximate surface area is 136 Å². The monoisotopic (exact) mass is 339 g/mol. The molecule has 1 aliphatic heterocycles. The Morgan fingerprint density at radius 1 is 1.04 bits per heavy atom. The Balaban J connectivity index is 1.72. The number of allylic oxidation sites excluding steroid dienone is 2. The fourth-order valence-corrected chi connectivity index (χ4v) is 3.22. The highest BCUT2D eigenvalue weighted by Crippen LogP contribution is 2.36. The molecule has 0 unspecified atom stereocenters. The van der Waals surface area contributed by atoms with Gasteiger partial charge in [0.1, 0.15) is 0 Å². The number of halogens is 3. The summed E-state index contributed by atoms with van der Waals surface area (Å²) in [5, 5.41) is 10.2. The molecule has 4 nitrogen and oxygen atoms in total. The molecule has 0 spiro atoms. The molecule has 0 bridgehead atoms. The predicted molar refractivity (Wildman–Crippen MR) is 78.5 cm³/mol. The van der Waals surface area contributed by atoms with Gasteiger partial charge in [-0.2, -0.15) is 13.2 Å². The van der Waals surface area contributed by atoms with Crippen LogP contribution in [0.2, 0.25) is 0 Å². The molecule has 7 heteroatoms. The standard InChI is InChI=1S/C17H16F3NO3/c18-17(19,20)11-7-5-10(6-8-11)14(22)9-21-15(23)12-3-1-2-4-13(12)16(21)24/h1-2,5-8,12-14,22H,3-4,9H2/t12-,13+,14-/m1/s1. The number of benzene rings is 1. The molecule has 1 fully saturated rings. The van der Waals surface area contributed by atoms with Gasteiger partial charge in [-0.15, -0.1) is 0 Å². The number of hydrogen-bond acceptors (Lipinski definition) is 3. The largest absolute Gasteiger partial charge is 0.416 e. The molecule has 0 radical (unpaired) electrons. The summed E-state index contributed by atoms with van der Waals surface area (Å²) in [7, 11) is 0. The molecular formula is C17H16F3NO3. The third-order valence-electron chi connectivity index (χ3n) is 4.58. The van der Waals surface area contributed by atoms with Crippen molar-refractivity contribution in [3.63, 3.8) is 0 Å². The van der Waals surface area contributed by atoms with Gasteiger partial charge in [-0.25, -0.2) is 0 Å². The summed E-state index contributed by atoms with van der Waals surface area (Å²) in [5.74, 6) is -1.41. The number of rotatable bonds is 3. The summed E-state index contributed by atoms with van der Waals surface area (Å²) in [6.07, 6.45) is -0.935. The van der Waals surface area contributed by atoms with Gasteiger partial charge in [0.25, 0.3) is 0 Å². The molecule has 1 heterocycles. The lowest BCUT2D eigenvalue weighted by Gasteiger charge is -2.19. The summed E-state index contributed by atoms with van der Waals surface area (Å²) >= 11 is 0. The molecule has 0 aromatic heterocycles. The molecule has 2 amide bonds. The van der Waals surface area contributed by atoms with Crippen LogP contribution in [0.5, 0.6) is 0 Å². The van der Waals surface area contributed by atoms with Crippen LogP contribution >= 0.6 is 0 Å². The van der Waals surface area contributed by atoms with Crippen LogP contribution in [0.4, 0.5) is 13.2 Å². The van der Waals surface area contributed by atoms with Gasteiger partial charge in [0.2, 0.25) is 11.8 Å². The average Bonchev–Trinajstić information content (AvgIpc) is 2.79. The van der Waals surface area contributed by atoms with Crippen LogP contribution in [0.15, 0.2) is 36.4 Å². The number of carbonyl (C=O) groups is 2. The molecule has 3 rings (SSSR count). The minimum Gasteiger partial charge on any atom is -0.387 e. The highest BCUT2D eigenvalue weighted by atomic mass is 19.4. The summed E-state index contributed by atoms with van der Waals surface area (Å²) in [4.78, 5) is 25.7. The number of hydrogen-bond donors (Lipinski definition) is 1. The van der Waals surface area contributed by atoms with E-state index in [1.807, 2.05) is 12.2 Å². The minimum atomic E-state index is -4.45. The fourth-order valence-electron chi connectivity index (χ4n) is 3.22. The molecule has 0 saturated carbocycles. The van der Waals surface area contributed by atoms with Crippen LogP contribution in [-0.4, -0.2) is 28.4 Å². The number of imide groups is 1. The van der Waals surface area contributed by atoms with Crippen LogP contribution in [0.25, 0.3) is 0 Å². The first-order chi connectivity index (χ1) is 11.3. The second kappa shape index (κ2) is 6.05. The fraction of sp³-hybridized carbons (Fsp3) is 0.412. The van der Waals surface area contributed by atoms with E-state index in [2.05, 4.69) is 0 Å². The third-order valence-corrected chi connectivity index (χ3v) is 4.58. The topological polar surface area (TPSA) is 57.6 Å². The van der Waals surface area contributed by atoms with Crippen LogP contribution in [0, 0.1) is 11.8 Å². The van der Waals surface area contributed by atoms with E-state index in [0.717, 1.165) is 29.2 Å². The average molecular weight is 339 g/mol. The lowest BCUT2D eigenvalue weighted by atomic mass is 9.85. The van der Waals surface area contributed by atoms with Gasteiger partial charge in [-0.05, 0) is 30.5 Å². The molecule has 1 aromatic carbocycles. The van der Waals surface area contributed by atoms with E-state index in [-0.39, 0.29) is 35.8 Å². The lowest BCUT2D eigenvalue weighted by molar-refractivity contribution is -0.141. The first-order valence-electron chi connectivity index (χ1n) is 7.64. The van der Waals surface area contributed by atoms with Gasteiger partial charge in [-0.1, -0.05) is 24.3 Å². The van der Waals surface area contributed by atoms with Crippen molar-refractivity contribution >= 4 is 11.8 Å². The molecule has 3 atom stereocenters. The molecule has 2 aliphatic rings. The van der Waals surface area contributed by atoms with E-state index >= 15 is 0 Å². The minimum absolute atomic E-state index is 0.233. The molecule has 1 N–H and O–H groups in total. The zero-order valence-corrected chi connectivity index (χ0v) is 12.7. The maximum absolute atomic E-state index is 12.6. The van der Waals surface area contributed by atoms with E-state index < -0.39 is 17.8 Å². The second-order valence-corrected chi connectivity index (χ2v) is 6.08. The van der Waals surface area contributed by atoms with E-state index in [0.29, 0.717) is 12.8 Å². The summed E-state index contributed by atoms with van der Waals surface area (Å²) in [6.45, 7) is -0.240. The van der Waals surface area contributed by atoms with Gasteiger partial charge in [0, 0.05) is 0 Å². The van der Waals surface area contributed by atoms with Crippen LogP contribution in [-0.2, 0) is 15.8 Å². The Kier molecular flexibility index (Phi) is 4.21. The van der Waals surface area contributed by atoms with Crippen LogP contribution in [0.3, 0.4) is 0 Å². The van der Waals surface area contributed by atoms with Crippen molar-refractivity contribution in [3.05, 3.63) is 47.5 Å². The summed E-state index contributed by atoms with van der Waals surface area (Å²) in [5.41, 5.74) is -0.583. The molecule has 128 valence electrons. The maximum atomic E-state index is 12.6. The molecule has 1 aromatic rings. The zero-order chi connectivity index (χ0) is 17.5. The lowest BCUT2D eigenvalue weighted by Crippen LogP contribution is -2.35. The number of aliphatic hydroxyl groups is 1. The number of β-amino-alcohol motifs (C(OH)–C–C–N with tert-alkyl or cyclic N) is 1. The van der Waals surface area contributed by atoms with Crippen molar-refractivity contribution in [2.75, 3.05) is 6.54 Å². The smallest absolute Gasteiger partial charge is 0.387 e. The Hall–Kier alpha value is -2.15. The van der Waals surface area contributed by atoms with Crippen LogP contribution in [0.1, 0.15) is 30.1 Å². The molecule has 1 aliphatic carbocycles. The molecular weight excluding hydrogens is 323 g/mol. The van der Waals surface area contributed by atoms with Gasteiger partial charge in [-0.3, -0.25) is 14.5 Å². The highest BCUT2D eigenvalue weighted by Gasteiger charge is 2.47. The van der Waals surface area contributed by atoms with Crippen molar-refractivity contribution in [3.8, 4) is 0 Å². The van der Waals surface area contributed by atoms with Gasteiger partial charge >= 0.3 is 6.18 Å². The molecule has 24 heavy (non-hydrogen) atoms. The first kappa shape index (κ1) is 16.7. The number of alkyl halides is 3. The number of nitrogens with zero attached hydrogens (tertiary/aromatic N) is 1. The zero-order valence-electron chi connectivity index (χ0n) is 12.7. The van der Waals surface area contributed by atoms with E-state index in [4.69, 9.17) is 0 Å². The number of likely N-dealkylation sites (tertiary alicyclic amines) is 1. The number of fused-ring (bicyclic) bond motifs is 1. The van der Waals surface area contributed by atoms with Crippen molar-refractivity contribution in [1.82, 2.24) is 4.90 Å². The predicted octanol–water partition coefficient (Wildman–Crippen LogP) is 2.69. The quantitative estimate of drug-likeness (QED) is 0.680. The van der Waals surface area contributed by atoms with E-state index in [1.165, 1.54) is 0 Å². The van der Waals surface area contributed by atoms with E-state index in [9.17, 15) is 27.9 Å². The normalized spacial score (nSPS) is 25.1. The Morgan fingerprint density at radius 3 is 2.00 bits per heavy atom. The third kappa shape index (κ3) is 2.96. The van der Waals surface area contributed by atoms with Crippen molar-refractivity contribution in [1.29, 1.82) is 0 Å². The van der Waals surface area contributed by atoms with E-state index in [1.54, 1.807) is 0 Å². The van der Waals surface area contributed by atoms with Crippen molar-refractivity contribution in [2.45, 2.75) is 25.1 Å².